The first-order valence-electron chi connectivity index (χ1n) is 6.98. The molecule has 1 saturated heterocycles. The van der Waals surface area contributed by atoms with Gasteiger partial charge >= 0.3 is 0 Å². The first-order valence-corrected chi connectivity index (χ1v) is 6.98. The van der Waals surface area contributed by atoms with E-state index >= 15 is 0 Å². The third-order valence-corrected chi connectivity index (χ3v) is 4.05. The summed E-state index contributed by atoms with van der Waals surface area (Å²) >= 11 is 0. The van der Waals surface area contributed by atoms with Gasteiger partial charge in [0, 0.05) is 18.1 Å². The molecule has 0 aromatic rings. The topological polar surface area (TPSA) is 41.3 Å². The van der Waals surface area contributed by atoms with Crippen LogP contribution < -0.4 is 11.1 Å². The summed E-state index contributed by atoms with van der Waals surface area (Å²) in [5, 5.41) is 3.81. The normalized spacial score (nSPS) is 32.6. The lowest BCUT2D eigenvalue weighted by Crippen LogP contribution is -2.52. The molecule has 0 bridgehead atoms. The minimum absolute atomic E-state index is 0.254. The highest BCUT2D eigenvalue weighted by Gasteiger charge is 2.36. The lowest BCUT2D eigenvalue weighted by atomic mass is 9.90. The molecule has 1 aliphatic carbocycles. The second-order valence-electron chi connectivity index (χ2n) is 5.60. The predicted molar refractivity (Wildman–Crippen MR) is 68.5 cm³/mol. The van der Waals surface area contributed by atoms with Gasteiger partial charge in [-0.05, 0) is 58.2 Å². The Bertz CT molecular complexity index is 215. The Morgan fingerprint density at radius 3 is 2.75 bits per heavy atom. The maximum atomic E-state index is 6.02. The average molecular weight is 225 g/mol. The Morgan fingerprint density at radius 2 is 2.12 bits per heavy atom. The molecule has 0 aromatic carbocycles. The summed E-state index contributed by atoms with van der Waals surface area (Å²) in [6.07, 6.45) is 7.80. The molecule has 0 aromatic heterocycles. The van der Waals surface area contributed by atoms with E-state index in [1.165, 1.54) is 58.2 Å². The quantitative estimate of drug-likeness (QED) is 0.742. The number of nitrogens with two attached hydrogens (primary N) is 1. The van der Waals surface area contributed by atoms with Gasteiger partial charge in [0.05, 0.1) is 0 Å². The van der Waals surface area contributed by atoms with Gasteiger partial charge in [-0.1, -0.05) is 6.92 Å². The first kappa shape index (κ1) is 12.3. The van der Waals surface area contributed by atoms with E-state index in [0.717, 1.165) is 12.6 Å². The van der Waals surface area contributed by atoms with Gasteiger partial charge in [-0.25, -0.2) is 0 Å². The zero-order valence-corrected chi connectivity index (χ0v) is 10.7. The summed E-state index contributed by atoms with van der Waals surface area (Å²) < 4.78 is 0. The van der Waals surface area contributed by atoms with E-state index < -0.39 is 0 Å². The third kappa shape index (κ3) is 3.19. The van der Waals surface area contributed by atoms with Gasteiger partial charge in [0.25, 0.3) is 0 Å². The Morgan fingerprint density at radius 1 is 1.31 bits per heavy atom. The highest BCUT2D eigenvalue weighted by atomic mass is 15.1. The average Bonchev–Trinajstić information content (AvgIpc) is 3.09. The van der Waals surface area contributed by atoms with Crippen molar-refractivity contribution in [3.8, 4) is 0 Å². The molecular formula is C13H27N3. The zero-order chi connectivity index (χ0) is 11.4. The van der Waals surface area contributed by atoms with Gasteiger partial charge < -0.3 is 16.0 Å². The van der Waals surface area contributed by atoms with Crippen LogP contribution >= 0.6 is 0 Å². The van der Waals surface area contributed by atoms with Crippen molar-refractivity contribution in [2.75, 3.05) is 26.2 Å². The molecule has 3 heteroatoms. The molecule has 1 unspecified atom stereocenters. The van der Waals surface area contributed by atoms with Crippen LogP contribution in [0.15, 0.2) is 0 Å². The minimum Gasteiger partial charge on any atom is -0.329 e. The van der Waals surface area contributed by atoms with Crippen LogP contribution in [0.3, 0.4) is 0 Å². The Labute approximate surface area is 99.8 Å². The van der Waals surface area contributed by atoms with Crippen molar-refractivity contribution in [3.63, 3.8) is 0 Å². The van der Waals surface area contributed by atoms with Crippen molar-refractivity contribution < 1.29 is 0 Å². The van der Waals surface area contributed by atoms with E-state index in [-0.39, 0.29) is 5.54 Å². The van der Waals surface area contributed by atoms with Crippen LogP contribution in [0.1, 0.15) is 45.4 Å². The highest BCUT2D eigenvalue weighted by molar-refractivity contribution is 4.98. The molecule has 0 spiro atoms. The second-order valence-corrected chi connectivity index (χ2v) is 5.60. The molecule has 2 rings (SSSR count). The van der Waals surface area contributed by atoms with Gasteiger partial charge in [0.2, 0.25) is 0 Å². The van der Waals surface area contributed by atoms with E-state index in [1.54, 1.807) is 0 Å². The summed E-state index contributed by atoms with van der Waals surface area (Å²) in [6, 6.07) is 0.779. The van der Waals surface area contributed by atoms with Crippen LogP contribution in [0.5, 0.6) is 0 Å². The molecule has 1 aliphatic heterocycles. The second kappa shape index (κ2) is 5.48. The fourth-order valence-corrected chi connectivity index (χ4v) is 2.86. The van der Waals surface area contributed by atoms with Crippen LogP contribution in [0.25, 0.3) is 0 Å². The standard InChI is InChI=1S/C13H27N3/c1-2-8-16-9-3-6-13(11-14,7-10-16)15-12-4-5-12/h12,15H,2-11,14H2,1H3. The van der Waals surface area contributed by atoms with Crippen LogP contribution in [0.2, 0.25) is 0 Å². The summed E-state index contributed by atoms with van der Waals surface area (Å²) in [5.74, 6) is 0. The van der Waals surface area contributed by atoms with Crippen molar-refractivity contribution in [1.82, 2.24) is 10.2 Å². The zero-order valence-electron chi connectivity index (χ0n) is 10.7. The summed E-state index contributed by atoms with van der Waals surface area (Å²) in [5.41, 5.74) is 6.28. The monoisotopic (exact) mass is 225 g/mol. The highest BCUT2D eigenvalue weighted by Crippen LogP contribution is 2.28. The molecule has 94 valence electrons. The molecule has 1 atom stereocenters. The third-order valence-electron chi connectivity index (χ3n) is 4.05. The Hall–Kier alpha value is -0.120. The maximum Gasteiger partial charge on any atom is 0.0319 e. The smallest absolute Gasteiger partial charge is 0.0319 e. The maximum absolute atomic E-state index is 6.02. The van der Waals surface area contributed by atoms with Gasteiger partial charge in [-0.3, -0.25) is 0 Å². The van der Waals surface area contributed by atoms with Gasteiger partial charge in [0.15, 0.2) is 0 Å². The van der Waals surface area contributed by atoms with Gasteiger partial charge in [-0.15, -0.1) is 0 Å². The van der Waals surface area contributed by atoms with Crippen LogP contribution in [0, 0.1) is 0 Å². The van der Waals surface area contributed by atoms with Crippen molar-refractivity contribution in [3.05, 3.63) is 0 Å². The fraction of sp³-hybridized carbons (Fsp3) is 1.00. The molecule has 3 N–H and O–H groups in total. The molecule has 2 fully saturated rings. The number of rotatable bonds is 5. The minimum atomic E-state index is 0.254. The van der Waals surface area contributed by atoms with E-state index in [1.807, 2.05) is 0 Å². The van der Waals surface area contributed by atoms with Crippen molar-refractivity contribution in [1.29, 1.82) is 0 Å². The van der Waals surface area contributed by atoms with Crippen LogP contribution in [-0.4, -0.2) is 42.7 Å². The van der Waals surface area contributed by atoms with Gasteiger partial charge in [0.1, 0.15) is 0 Å². The molecule has 0 amide bonds. The molecule has 2 aliphatic rings. The Kier molecular flexibility index (Phi) is 4.22. The Balaban J connectivity index is 1.88. The van der Waals surface area contributed by atoms with E-state index in [2.05, 4.69) is 17.1 Å². The predicted octanol–water partition coefficient (Wildman–Crippen LogP) is 1.33. The van der Waals surface area contributed by atoms with Crippen LogP contribution in [-0.2, 0) is 0 Å². The molecule has 3 nitrogen and oxygen atoms in total. The van der Waals surface area contributed by atoms with Crippen molar-refractivity contribution >= 4 is 0 Å². The van der Waals surface area contributed by atoms with E-state index in [4.69, 9.17) is 5.73 Å². The van der Waals surface area contributed by atoms with Crippen molar-refractivity contribution in [2.24, 2.45) is 5.73 Å². The summed E-state index contributed by atoms with van der Waals surface area (Å²) in [6.45, 7) is 6.82. The molecular weight excluding hydrogens is 198 g/mol. The number of hydrogen-bond acceptors (Lipinski definition) is 3. The number of nitrogens with one attached hydrogen (secondary N) is 1. The summed E-state index contributed by atoms with van der Waals surface area (Å²) in [7, 11) is 0. The number of nitrogens with zero attached hydrogens (tertiary/aromatic N) is 1. The van der Waals surface area contributed by atoms with Gasteiger partial charge in [-0.2, -0.15) is 0 Å². The number of hydrogen-bond donors (Lipinski definition) is 2. The molecule has 1 saturated carbocycles. The SMILES string of the molecule is CCCN1CCCC(CN)(NC2CC2)CC1. The first-order chi connectivity index (χ1) is 7.78. The largest absolute Gasteiger partial charge is 0.329 e. The van der Waals surface area contributed by atoms with Crippen molar-refractivity contribution in [2.45, 2.75) is 57.0 Å². The molecule has 1 heterocycles. The summed E-state index contributed by atoms with van der Waals surface area (Å²) in [4.78, 5) is 2.60. The lowest BCUT2D eigenvalue weighted by Gasteiger charge is -2.33. The fourth-order valence-electron chi connectivity index (χ4n) is 2.86. The van der Waals surface area contributed by atoms with E-state index in [9.17, 15) is 0 Å². The lowest BCUT2D eigenvalue weighted by molar-refractivity contribution is 0.257. The number of likely N-dealkylation sites (tertiary alicyclic amines) is 1. The molecule has 16 heavy (non-hydrogen) atoms. The van der Waals surface area contributed by atoms with Crippen LogP contribution in [0.4, 0.5) is 0 Å². The molecule has 0 radical (unpaired) electrons. The van der Waals surface area contributed by atoms with E-state index in [0.29, 0.717) is 0 Å².